The topological polar surface area (TPSA) is 43.7 Å². The van der Waals surface area contributed by atoms with Crippen molar-refractivity contribution in [2.45, 2.75) is 19.3 Å². The van der Waals surface area contributed by atoms with Gasteiger partial charge in [-0.3, -0.25) is 4.90 Å². The summed E-state index contributed by atoms with van der Waals surface area (Å²) in [5.41, 5.74) is 0. The van der Waals surface area contributed by atoms with Gasteiger partial charge in [0.25, 0.3) is 6.43 Å². The summed E-state index contributed by atoms with van der Waals surface area (Å²) in [6, 6.07) is 0. The molecule has 5 heteroatoms. The van der Waals surface area contributed by atoms with Crippen LogP contribution >= 0.6 is 0 Å². The van der Waals surface area contributed by atoms with Crippen molar-refractivity contribution >= 4 is 0 Å². The molecule has 0 saturated carbocycles. The van der Waals surface area contributed by atoms with Gasteiger partial charge in [0.15, 0.2) is 0 Å². The molecule has 0 aliphatic heterocycles. The normalized spacial score (nSPS) is 11.5. The SMILES string of the molecule is OCCCCN(CCO)CC(F)F. The third-order valence-electron chi connectivity index (χ3n) is 1.69. The summed E-state index contributed by atoms with van der Waals surface area (Å²) in [6.45, 7) is 0.459. The number of nitrogens with zero attached hydrogens (tertiary/aromatic N) is 1. The number of hydrogen-bond acceptors (Lipinski definition) is 3. The van der Waals surface area contributed by atoms with Crippen molar-refractivity contribution in [1.29, 1.82) is 0 Å². The Morgan fingerprint density at radius 3 is 2.15 bits per heavy atom. The molecule has 0 aromatic heterocycles. The van der Waals surface area contributed by atoms with Gasteiger partial charge in [-0.05, 0) is 19.4 Å². The highest BCUT2D eigenvalue weighted by Crippen LogP contribution is 2.00. The van der Waals surface area contributed by atoms with E-state index in [9.17, 15) is 8.78 Å². The Morgan fingerprint density at radius 1 is 1.00 bits per heavy atom. The van der Waals surface area contributed by atoms with Crippen LogP contribution in [0.15, 0.2) is 0 Å². The summed E-state index contributed by atoms with van der Waals surface area (Å²) < 4.78 is 23.9. The van der Waals surface area contributed by atoms with E-state index in [1.54, 1.807) is 0 Å². The fraction of sp³-hybridized carbons (Fsp3) is 1.00. The fourth-order valence-electron chi connectivity index (χ4n) is 1.08. The molecule has 0 rings (SSSR count). The standard InChI is InChI=1S/C8H17F2NO2/c9-8(10)7-11(4-6-13)3-1-2-5-12/h8,12-13H,1-7H2. The summed E-state index contributed by atoms with van der Waals surface area (Å²) >= 11 is 0. The molecule has 0 aliphatic rings. The van der Waals surface area contributed by atoms with Crippen LogP contribution < -0.4 is 0 Å². The van der Waals surface area contributed by atoms with Crippen LogP contribution in [0.1, 0.15) is 12.8 Å². The Balaban J connectivity index is 3.53. The second-order valence-electron chi connectivity index (χ2n) is 2.85. The molecule has 13 heavy (non-hydrogen) atoms. The summed E-state index contributed by atoms with van der Waals surface area (Å²) in [6.07, 6.45) is -1.06. The monoisotopic (exact) mass is 197 g/mol. The summed E-state index contributed by atoms with van der Waals surface area (Å²) in [4.78, 5) is 1.50. The molecule has 0 atom stereocenters. The van der Waals surface area contributed by atoms with Gasteiger partial charge in [-0.25, -0.2) is 8.78 Å². The predicted octanol–water partition coefficient (Wildman–Crippen LogP) is 0.318. The molecule has 0 heterocycles. The minimum absolute atomic E-state index is 0.0850. The van der Waals surface area contributed by atoms with E-state index in [4.69, 9.17) is 10.2 Å². The molecule has 0 amide bonds. The predicted molar refractivity (Wildman–Crippen MR) is 45.8 cm³/mol. The van der Waals surface area contributed by atoms with Gasteiger partial charge in [-0.1, -0.05) is 0 Å². The Labute approximate surface area is 77.0 Å². The zero-order valence-corrected chi connectivity index (χ0v) is 7.62. The molecule has 0 bridgehead atoms. The first-order valence-corrected chi connectivity index (χ1v) is 4.43. The largest absolute Gasteiger partial charge is 0.396 e. The van der Waals surface area contributed by atoms with Crippen LogP contribution in [0.5, 0.6) is 0 Å². The van der Waals surface area contributed by atoms with Gasteiger partial charge in [-0.15, -0.1) is 0 Å². The number of hydrogen-bond donors (Lipinski definition) is 2. The van der Waals surface area contributed by atoms with Crippen LogP contribution in [-0.4, -0.2) is 54.4 Å². The molecule has 0 aromatic rings. The Morgan fingerprint density at radius 2 is 1.69 bits per heavy atom. The van der Waals surface area contributed by atoms with Crippen molar-refractivity contribution < 1.29 is 19.0 Å². The Bertz CT molecular complexity index is 114. The highest BCUT2D eigenvalue weighted by atomic mass is 19.3. The highest BCUT2D eigenvalue weighted by molar-refractivity contribution is 4.58. The van der Waals surface area contributed by atoms with Crippen molar-refractivity contribution in [2.24, 2.45) is 0 Å². The first-order valence-electron chi connectivity index (χ1n) is 4.43. The first-order chi connectivity index (χ1) is 6.20. The van der Waals surface area contributed by atoms with Gasteiger partial charge in [0.05, 0.1) is 13.2 Å². The Kier molecular flexibility index (Phi) is 8.18. The maximum Gasteiger partial charge on any atom is 0.251 e. The van der Waals surface area contributed by atoms with E-state index in [1.165, 1.54) is 4.90 Å². The zero-order valence-electron chi connectivity index (χ0n) is 7.62. The van der Waals surface area contributed by atoms with E-state index in [2.05, 4.69) is 0 Å². The van der Waals surface area contributed by atoms with E-state index in [0.29, 0.717) is 19.4 Å². The molecule has 0 aromatic carbocycles. The van der Waals surface area contributed by atoms with E-state index in [1.807, 2.05) is 0 Å². The average molecular weight is 197 g/mol. The van der Waals surface area contributed by atoms with Crippen LogP contribution in [0.3, 0.4) is 0 Å². The van der Waals surface area contributed by atoms with Crippen molar-refractivity contribution in [2.75, 3.05) is 32.8 Å². The van der Waals surface area contributed by atoms with Crippen molar-refractivity contribution in [1.82, 2.24) is 4.90 Å². The number of alkyl halides is 2. The lowest BCUT2D eigenvalue weighted by molar-refractivity contribution is 0.0767. The number of aliphatic hydroxyl groups is 2. The number of rotatable bonds is 8. The fourth-order valence-corrected chi connectivity index (χ4v) is 1.08. The third-order valence-corrected chi connectivity index (χ3v) is 1.69. The van der Waals surface area contributed by atoms with Crippen LogP contribution in [0.25, 0.3) is 0 Å². The average Bonchev–Trinajstić information content (AvgIpc) is 2.04. The second kappa shape index (κ2) is 8.34. The van der Waals surface area contributed by atoms with Crippen LogP contribution in [-0.2, 0) is 0 Å². The van der Waals surface area contributed by atoms with Crippen molar-refractivity contribution in [3.8, 4) is 0 Å². The van der Waals surface area contributed by atoms with Crippen LogP contribution in [0.2, 0.25) is 0 Å². The maximum absolute atomic E-state index is 11.9. The molecular formula is C8H17F2NO2. The molecule has 0 saturated heterocycles. The van der Waals surface area contributed by atoms with Gasteiger partial charge < -0.3 is 10.2 Å². The minimum Gasteiger partial charge on any atom is -0.396 e. The lowest BCUT2D eigenvalue weighted by atomic mass is 10.3. The summed E-state index contributed by atoms with van der Waals surface area (Å²) in [7, 11) is 0. The molecule has 80 valence electrons. The summed E-state index contributed by atoms with van der Waals surface area (Å²) in [5, 5.41) is 17.0. The minimum atomic E-state index is -2.36. The number of halogens is 2. The maximum atomic E-state index is 11.9. The van der Waals surface area contributed by atoms with E-state index < -0.39 is 6.43 Å². The van der Waals surface area contributed by atoms with E-state index >= 15 is 0 Å². The van der Waals surface area contributed by atoms with Gasteiger partial charge in [0.2, 0.25) is 0 Å². The van der Waals surface area contributed by atoms with Gasteiger partial charge in [0.1, 0.15) is 0 Å². The zero-order chi connectivity index (χ0) is 10.1. The molecule has 0 aliphatic carbocycles. The third kappa shape index (κ3) is 8.08. The lowest BCUT2D eigenvalue weighted by Gasteiger charge is -2.20. The molecule has 0 fully saturated rings. The van der Waals surface area contributed by atoms with Crippen LogP contribution in [0, 0.1) is 0 Å². The molecule has 3 nitrogen and oxygen atoms in total. The van der Waals surface area contributed by atoms with Crippen molar-refractivity contribution in [3.63, 3.8) is 0 Å². The van der Waals surface area contributed by atoms with Gasteiger partial charge >= 0.3 is 0 Å². The number of unbranched alkanes of at least 4 members (excludes halogenated alkanes) is 1. The molecular weight excluding hydrogens is 180 g/mol. The van der Waals surface area contributed by atoms with E-state index in [-0.39, 0.29) is 26.3 Å². The number of aliphatic hydroxyl groups excluding tert-OH is 2. The lowest BCUT2D eigenvalue weighted by Crippen LogP contribution is -2.32. The van der Waals surface area contributed by atoms with E-state index in [0.717, 1.165) is 0 Å². The first kappa shape index (κ1) is 12.7. The smallest absolute Gasteiger partial charge is 0.251 e. The second-order valence-corrected chi connectivity index (χ2v) is 2.85. The van der Waals surface area contributed by atoms with Crippen molar-refractivity contribution in [3.05, 3.63) is 0 Å². The molecule has 0 unspecified atom stereocenters. The molecule has 2 N–H and O–H groups in total. The molecule has 0 radical (unpaired) electrons. The summed E-state index contributed by atoms with van der Waals surface area (Å²) in [5.74, 6) is 0. The quantitative estimate of drug-likeness (QED) is 0.551. The van der Waals surface area contributed by atoms with Gasteiger partial charge in [0, 0.05) is 13.2 Å². The molecule has 0 spiro atoms. The van der Waals surface area contributed by atoms with Crippen LogP contribution in [0.4, 0.5) is 8.78 Å². The Hall–Kier alpha value is -0.260. The highest BCUT2D eigenvalue weighted by Gasteiger charge is 2.10. The van der Waals surface area contributed by atoms with Gasteiger partial charge in [-0.2, -0.15) is 0 Å².